The van der Waals surface area contributed by atoms with E-state index in [0.717, 1.165) is 17.0 Å². The largest absolute Gasteiger partial charge is 0.332 e. The number of rotatable bonds is 3. The first kappa shape index (κ1) is 13.2. The number of anilines is 2. The highest BCUT2D eigenvalue weighted by Gasteiger charge is 2.10. The third-order valence-corrected chi connectivity index (χ3v) is 2.93. The number of aromatic nitrogens is 4. The molecule has 0 fully saturated rings. The summed E-state index contributed by atoms with van der Waals surface area (Å²) in [5.41, 5.74) is 3.82. The van der Waals surface area contributed by atoms with Crippen LogP contribution in [0.3, 0.4) is 0 Å². The van der Waals surface area contributed by atoms with Gasteiger partial charge in [-0.3, -0.25) is 5.32 Å². The molecule has 0 atom stereocenters. The van der Waals surface area contributed by atoms with Gasteiger partial charge in [-0.05, 0) is 44.1 Å². The van der Waals surface area contributed by atoms with E-state index in [-0.39, 0.29) is 0 Å². The highest BCUT2D eigenvalue weighted by atomic mass is 16.5. The summed E-state index contributed by atoms with van der Waals surface area (Å²) < 4.78 is 5.24. The lowest BCUT2D eigenvalue weighted by atomic mass is 10.1. The first-order valence-electron chi connectivity index (χ1n) is 6.60. The van der Waals surface area contributed by atoms with E-state index >= 15 is 0 Å². The minimum absolute atomic E-state index is 0.343. The van der Waals surface area contributed by atoms with Crippen molar-refractivity contribution < 1.29 is 4.52 Å². The van der Waals surface area contributed by atoms with Crippen LogP contribution in [0.4, 0.5) is 11.9 Å². The number of benzene rings is 1. The SMILES string of the molecule is Cc1ccc(-c2nc(Nc3nc(C)cc(C)n3)no2)cc1. The van der Waals surface area contributed by atoms with Crippen LogP contribution in [0.25, 0.3) is 11.5 Å². The molecule has 0 unspecified atom stereocenters. The molecule has 2 heterocycles. The standard InChI is InChI=1S/C15H15N5O/c1-9-4-6-12(7-5-9)13-18-15(20-21-13)19-14-16-10(2)8-11(3)17-14/h4-8H,1-3H3,(H,16,17,19,20). The van der Waals surface area contributed by atoms with Crippen LogP contribution >= 0.6 is 0 Å². The molecule has 0 saturated heterocycles. The Morgan fingerprint density at radius 1 is 0.857 bits per heavy atom. The Bertz CT molecular complexity index is 744. The van der Waals surface area contributed by atoms with Gasteiger partial charge in [0.1, 0.15) is 0 Å². The summed E-state index contributed by atoms with van der Waals surface area (Å²) in [6, 6.07) is 9.79. The van der Waals surface area contributed by atoms with Crippen LogP contribution in [-0.4, -0.2) is 20.1 Å². The minimum atomic E-state index is 0.343. The average molecular weight is 281 g/mol. The van der Waals surface area contributed by atoms with E-state index < -0.39 is 0 Å². The van der Waals surface area contributed by atoms with Gasteiger partial charge in [-0.1, -0.05) is 17.7 Å². The molecule has 2 aromatic heterocycles. The van der Waals surface area contributed by atoms with E-state index in [0.29, 0.717) is 17.8 Å². The average Bonchev–Trinajstić information content (AvgIpc) is 2.87. The zero-order chi connectivity index (χ0) is 14.8. The number of nitrogens with one attached hydrogen (secondary N) is 1. The van der Waals surface area contributed by atoms with Gasteiger partial charge in [0, 0.05) is 17.0 Å². The van der Waals surface area contributed by atoms with Gasteiger partial charge in [-0.15, -0.1) is 0 Å². The third-order valence-electron chi connectivity index (χ3n) is 2.93. The van der Waals surface area contributed by atoms with E-state index in [1.54, 1.807) is 0 Å². The van der Waals surface area contributed by atoms with Crippen molar-refractivity contribution in [3.05, 3.63) is 47.3 Å². The molecule has 3 aromatic rings. The predicted octanol–water partition coefficient (Wildman–Crippen LogP) is 3.20. The fourth-order valence-corrected chi connectivity index (χ4v) is 1.97. The smallest absolute Gasteiger partial charge is 0.270 e. The summed E-state index contributed by atoms with van der Waals surface area (Å²) in [5.74, 6) is 1.27. The van der Waals surface area contributed by atoms with Gasteiger partial charge in [0.25, 0.3) is 11.8 Å². The highest BCUT2D eigenvalue weighted by Crippen LogP contribution is 2.20. The molecule has 0 aliphatic carbocycles. The number of hydrogen-bond donors (Lipinski definition) is 1. The maximum atomic E-state index is 5.24. The summed E-state index contributed by atoms with van der Waals surface area (Å²) in [5, 5.41) is 6.84. The van der Waals surface area contributed by atoms with Crippen molar-refractivity contribution in [3.8, 4) is 11.5 Å². The molecule has 21 heavy (non-hydrogen) atoms. The van der Waals surface area contributed by atoms with E-state index in [4.69, 9.17) is 4.52 Å². The van der Waals surface area contributed by atoms with Gasteiger partial charge in [-0.2, -0.15) is 4.98 Å². The Morgan fingerprint density at radius 2 is 1.52 bits per heavy atom. The quantitative estimate of drug-likeness (QED) is 0.794. The molecule has 0 aliphatic heterocycles. The molecule has 6 nitrogen and oxygen atoms in total. The van der Waals surface area contributed by atoms with Gasteiger partial charge in [0.15, 0.2) is 0 Å². The second kappa shape index (κ2) is 5.32. The van der Waals surface area contributed by atoms with Crippen molar-refractivity contribution in [1.29, 1.82) is 0 Å². The van der Waals surface area contributed by atoms with Crippen LogP contribution in [0, 0.1) is 20.8 Å². The number of nitrogens with zero attached hydrogens (tertiary/aromatic N) is 4. The molecule has 106 valence electrons. The summed E-state index contributed by atoms with van der Waals surface area (Å²) in [7, 11) is 0. The number of hydrogen-bond acceptors (Lipinski definition) is 6. The normalized spacial score (nSPS) is 10.6. The zero-order valence-corrected chi connectivity index (χ0v) is 12.1. The van der Waals surface area contributed by atoms with Crippen molar-refractivity contribution >= 4 is 11.9 Å². The molecule has 1 aromatic carbocycles. The van der Waals surface area contributed by atoms with Gasteiger partial charge in [-0.25, -0.2) is 9.97 Å². The fraction of sp³-hybridized carbons (Fsp3) is 0.200. The molecule has 6 heteroatoms. The van der Waals surface area contributed by atoms with Crippen molar-refractivity contribution in [3.63, 3.8) is 0 Å². The Morgan fingerprint density at radius 3 is 2.19 bits per heavy atom. The van der Waals surface area contributed by atoms with Crippen LogP contribution in [0.2, 0.25) is 0 Å². The molecular weight excluding hydrogens is 266 g/mol. The molecule has 0 aliphatic rings. The molecule has 3 rings (SSSR count). The van der Waals surface area contributed by atoms with E-state index in [1.807, 2.05) is 51.1 Å². The minimum Gasteiger partial charge on any atom is -0.332 e. The first-order chi connectivity index (χ1) is 10.1. The van der Waals surface area contributed by atoms with Crippen molar-refractivity contribution in [2.75, 3.05) is 5.32 Å². The van der Waals surface area contributed by atoms with Gasteiger partial charge in [0.2, 0.25) is 5.95 Å². The van der Waals surface area contributed by atoms with Gasteiger partial charge in [0.05, 0.1) is 0 Å². The lowest BCUT2D eigenvalue weighted by Gasteiger charge is -2.01. The topological polar surface area (TPSA) is 76.7 Å². The van der Waals surface area contributed by atoms with Crippen LogP contribution in [0.15, 0.2) is 34.9 Å². The highest BCUT2D eigenvalue weighted by molar-refractivity contribution is 5.55. The zero-order valence-electron chi connectivity index (χ0n) is 12.1. The molecule has 0 radical (unpaired) electrons. The lowest BCUT2D eigenvalue weighted by molar-refractivity contribution is 0.432. The van der Waals surface area contributed by atoms with Crippen LogP contribution in [0.1, 0.15) is 17.0 Å². The second-order valence-corrected chi connectivity index (χ2v) is 4.89. The summed E-state index contributed by atoms with van der Waals surface area (Å²) in [6.45, 7) is 5.85. The molecule has 0 saturated carbocycles. The van der Waals surface area contributed by atoms with E-state index in [1.165, 1.54) is 5.56 Å². The molecule has 0 bridgehead atoms. The number of aryl methyl sites for hydroxylation is 3. The molecule has 0 amide bonds. The maximum absolute atomic E-state index is 5.24. The molecular formula is C15H15N5O. The lowest BCUT2D eigenvalue weighted by Crippen LogP contribution is -2.01. The van der Waals surface area contributed by atoms with E-state index in [9.17, 15) is 0 Å². The monoisotopic (exact) mass is 281 g/mol. The van der Waals surface area contributed by atoms with Gasteiger partial charge < -0.3 is 4.52 Å². The van der Waals surface area contributed by atoms with Crippen molar-refractivity contribution in [2.24, 2.45) is 0 Å². The van der Waals surface area contributed by atoms with Gasteiger partial charge >= 0.3 is 0 Å². The Balaban J connectivity index is 1.83. The maximum Gasteiger partial charge on any atom is 0.270 e. The molecule has 1 N–H and O–H groups in total. The van der Waals surface area contributed by atoms with Crippen LogP contribution in [0.5, 0.6) is 0 Å². The first-order valence-corrected chi connectivity index (χ1v) is 6.60. The Kier molecular flexibility index (Phi) is 3.35. The van der Waals surface area contributed by atoms with E-state index in [2.05, 4.69) is 25.4 Å². The van der Waals surface area contributed by atoms with Crippen LogP contribution in [-0.2, 0) is 0 Å². The fourth-order valence-electron chi connectivity index (χ4n) is 1.97. The second-order valence-electron chi connectivity index (χ2n) is 4.89. The summed E-state index contributed by atoms with van der Waals surface area (Å²) >= 11 is 0. The summed E-state index contributed by atoms with van der Waals surface area (Å²) in [6.07, 6.45) is 0. The Labute approximate surface area is 122 Å². The third kappa shape index (κ3) is 3.05. The van der Waals surface area contributed by atoms with Crippen molar-refractivity contribution in [2.45, 2.75) is 20.8 Å². The summed E-state index contributed by atoms with van der Waals surface area (Å²) in [4.78, 5) is 12.9. The Hall–Kier alpha value is -2.76. The molecule has 0 spiro atoms. The van der Waals surface area contributed by atoms with Crippen LogP contribution < -0.4 is 5.32 Å². The predicted molar refractivity (Wildman–Crippen MR) is 79.3 cm³/mol. The van der Waals surface area contributed by atoms with Crippen molar-refractivity contribution in [1.82, 2.24) is 20.1 Å².